The molecule has 1 unspecified atom stereocenters. The molecule has 1 atom stereocenters. The highest BCUT2D eigenvalue weighted by atomic mass is 32.2. The van der Waals surface area contributed by atoms with Gasteiger partial charge >= 0.3 is 5.97 Å². The molecule has 2 aromatic heterocycles. The SMILES string of the molecule is COC(=O)c1ccc(C(C)Sc2ccncc2)o1. The van der Waals surface area contributed by atoms with Gasteiger partial charge in [0.15, 0.2) is 0 Å². The average molecular weight is 263 g/mol. The van der Waals surface area contributed by atoms with Crippen LogP contribution in [-0.2, 0) is 4.74 Å². The molecule has 0 saturated heterocycles. The molecule has 0 N–H and O–H groups in total. The molecular weight excluding hydrogens is 250 g/mol. The highest BCUT2D eigenvalue weighted by Crippen LogP contribution is 2.35. The quantitative estimate of drug-likeness (QED) is 0.625. The number of thioether (sulfide) groups is 1. The summed E-state index contributed by atoms with van der Waals surface area (Å²) in [7, 11) is 1.33. The molecule has 2 rings (SSSR count). The summed E-state index contributed by atoms with van der Waals surface area (Å²) in [6, 6.07) is 7.30. The van der Waals surface area contributed by atoms with E-state index in [0.717, 1.165) is 10.7 Å². The van der Waals surface area contributed by atoms with Crippen LogP contribution in [-0.4, -0.2) is 18.1 Å². The van der Waals surface area contributed by atoms with E-state index in [1.165, 1.54) is 7.11 Å². The number of esters is 1. The summed E-state index contributed by atoms with van der Waals surface area (Å²) in [6.07, 6.45) is 3.49. The molecule has 5 heteroatoms. The van der Waals surface area contributed by atoms with Crippen molar-refractivity contribution in [2.75, 3.05) is 7.11 Å². The van der Waals surface area contributed by atoms with Crippen molar-refractivity contribution in [2.45, 2.75) is 17.1 Å². The molecule has 0 aromatic carbocycles. The lowest BCUT2D eigenvalue weighted by Gasteiger charge is -2.07. The summed E-state index contributed by atoms with van der Waals surface area (Å²) in [4.78, 5) is 16.3. The number of hydrogen-bond acceptors (Lipinski definition) is 5. The fourth-order valence-electron chi connectivity index (χ4n) is 1.46. The van der Waals surface area contributed by atoms with E-state index >= 15 is 0 Å². The zero-order chi connectivity index (χ0) is 13.0. The molecule has 0 amide bonds. The fraction of sp³-hybridized carbons (Fsp3) is 0.231. The standard InChI is InChI=1S/C13H13NO3S/c1-9(18-10-5-7-14-8-6-10)11-3-4-12(17-11)13(15)16-2/h3-9H,1-2H3. The number of carbonyl (C=O) groups excluding carboxylic acids is 1. The fourth-order valence-corrected chi connectivity index (χ4v) is 2.39. The monoisotopic (exact) mass is 263 g/mol. The number of pyridine rings is 1. The van der Waals surface area contributed by atoms with Crippen LogP contribution in [0.25, 0.3) is 0 Å². The highest BCUT2D eigenvalue weighted by Gasteiger charge is 2.16. The van der Waals surface area contributed by atoms with Crippen LogP contribution in [0.1, 0.15) is 28.5 Å². The van der Waals surface area contributed by atoms with Crippen molar-refractivity contribution in [3.8, 4) is 0 Å². The Labute approximate surface area is 109 Å². The molecule has 0 bridgehead atoms. The first-order valence-electron chi connectivity index (χ1n) is 5.45. The third-order valence-electron chi connectivity index (χ3n) is 2.38. The van der Waals surface area contributed by atoms with Crippen molar-refractivity contribution >= 4 is 17.7 Å². The summed E-state index contributed by atoms with van der Waals surface area (Å²) >= 11 is 1.64. The van der Waals surface area contributed by atoms with Crippen LogP contribution in [0.2, 0.25) is 0 Å². The summed E-state index contributed by atoms with van der Waals surface area (Å²) in [5.74, 6) is 0.522. The van der Waals surface area contributed by atoms with E-state index in [0.29, 0.717) is 0 Å². The Morgan fingerprint density at radius 3 is 2.72 bits per heavy atom. The Morgan fingerprint density at radius 1 is 1.33 bits per heavy atom. The van der Waals surface area contributed by atoms with E-state index in [1.807, 2.05) is 19.1 Å². The van der Waals surface area contributed by atoms with E-state index in [1.54, 1.807) is 36.3 Å². The number of hydrogen-bond donors (Lipinski definition) is 0. The molecule has 0 fully saturated rings. The van der Waals surface area contributed by atoms with Gasteiger partial charge in [-0.2, -0.15) is 0 Å². The Balaban J connectivity index is 2.07. The van der Waals surface area contributed by atoms with E-state index in [2.05, 4.69) is 9.72 Å². The molecule has 0 radical (unpaired) electrons. The molecule has 0 saturated carbocycles. The third kappa shape index (κ3) is 2.92. The van der Waals surface area contributed by atoms with Gasteiger partial charge in [0.1, 0.15) is 5.76 Å². The van der Waals surface area contributed by atoms with E-state index < -0.39 is 5.97 Å². The summed E-state index contributed by atoms with van der Waals surface area (Å²) in [6.45, 7) is 2.02. The van der Waals surface area contributed by atoms with E-state index in [-0.39, 0.29) is 11.0 Å². The molecule has 0 spiro atoms. The number of nitrogens with zero attached hydrogens (tertiary/aromatic N) is 1. The number of methoxy groups -OCH3 is 1. The van der Waals surface area contributed by atoms with Crippen LogP contribution >= 0.6 is 11.8 Å². The smallest absolute Gasteiger partial charge is 0.373 e. The minimum atomic E-state index is -0.456. The van der Waals surface area contributed by atoms with Gasteiger partial charge in [-0.25, -0.2) is 4.79 Å². The zero-order valence-corrected chi connectivity index (χ0v) is 10.9. The van der Waals surface area contributed by atoms with Gasteiger partial charge in [-0.05, 0) is 31.2 Å². The summed E-state index contributed by atoms with van der Waals surface area (Å²) in [5, 5.41) is 0.116. The van der Waals surface area contributed by atoms with Crippen LogP contribution in [0.5, 0.6) is 0 Å². The maximum atomic E-state index is 11.3. The van der Waals surface area contributed by atoms with Gasteiger partial charge in [-0.3, -0.25) is 4.98 Å². The lowest BCUT2D eigenvalue weighted by Crippen LogP contribution is -1.98. The minimum Gasteiger partial charge on any atom is -0.463 e. The number of rotatable bonds is 4. The Bertz CT molecular complexity index is 524. The van der Waals surface area contributed by atoms with Gasteiger partial charge in [0.25, 0.3) is 0 Å². The van der Waals surface area contributed by atoms with Gasteiger partial charge in [-0.15, -0.1) is 11.8 Å². The molecular formula is C13H13NO3S. The first-order chi connectivity index (χ1) is 8.70. The van der Waals surface area contributed by atoms with Crippen LogP contribution < -0.4 is 0 Å². The minimum absolute atomic E-state index is 0.116. The molecule has 2 aromatic rings. The van der Waals surface area contributed by atoms with Gasteiger partial charge < -0.3 is 9.15 Å². The van der Waals surface area contributed by atoms with Crippen LogP contribution in [0, 0.1) is 0 Å². The highest BCUT2D eigenvalue weighted by molar-refractivity contribution is 7.99. The summed E-state index contributed by atoms with van der Waals surface area (Å²) in [5.41, 5.74) is 0. The second-order valence-corrected chi connectivity index (χ2v) is 5.05. The second kappa shape index (κ2) is 5.73. The first-order valence-corrected chi connectivity index (χ1v) is 6.33. The second-order valence-electron chi connectivity index (χ2n) is 3.64. The maximum absolute atomic E-state index is 11.3. The molecule has 2 heterocycles. The predicted octanol–water partition coefficient (Wildman–Crippen LogP) is 3.31. The topological polar surface area (TPSA) is 52.3 Å². The molecule has 0 aliphatic heterocycles. The molecule has 0 aliphatic carbocycles. The van der Waals surface area contributed by atoms with Crippen molar-refractivity contribution in [3.63, 3.8) is 0 Å². The van der Waals surface area contributed by atoms with Crippen LogP contribution in [0.15, 0.2) is 46.0 Å². The van der Waals surface area contributed by atoms with Crippen molar-refractivity contribution in [2.24, 2.45) is 0 Å². The van der Waals surface area contributed by atoms with Gasteiger partial charge in [-0.1, -0.05) is 0 Å². The van der Waals surface area contributed by atoms with Crippen LogP contribution in [0.4, 0.5) is 0 Å². The predicted molar refractivity (Wildman–Crippen MR) is 68.6 cm³/mol. The van der Waals surface area contributed by atoms with Gasteiger partial charge in [0.2, 0.25) is 5.76 Å². The molecule has 0 aliphatic rings. The number of carbonyl (C=O) groups is 1. The normalized spacial score (nSPS) is 12.1. The van der Waals surface area contributed by atoms with Gasteiger partial charge in [0.05, 0.1) is 12.4 Å². The lowest BCUT2D eigenvalue weighted by molar-refractivity contribution is 0.0563. The van der Waals surface area contributed by atoms with Crippen molar-refractivity contribution in [3.05, 3.63) is 48.2 Å². The Kier molecular flexibility index (Phi) is 4.04. The maximum Gasteiger partial charge on any atom is 0.373 e. The average Bonchev–Trinajstić information content (AvgIpc) is 2.88. The zero-order valence-electron chi connectivity index (χ0n) is 10.1. The van der Waals surface area contributed by atoms with E-state index in [9.17, 15) is 4.79 Å². The van der Waals surface area contributed by atoms with Crippen molar-refractivity contribution in [1.29, 1.82) is 0 Å². The number of aromatic nitrogens is 1. The van der Waals surface area contributed by atoms with Crippen molar-refractivity contribution < 1.29 is 13.9 Å². The lowest BCUT2D eigenvalue weighted by atomic mass is 10.3. The molecule has 18 heavy (non-hydrogen) atoms. The molecule has 4 nitrogen and oxygen atoms in total. The first kappa shape index (κ1) is 12.7. The van der Waals surface area contributed by atoms with Gasteiger partial charge in [0, 0.05) is 17.3 Å². The summed E-state index contributed by atoms with van der Waals surface area (Å²) < 4.78 is 10.1. The largest absolute Gasteiger partial charge is 0.463 e. The van der Waals surface area contributed by atoms with Crippen LogP contribution in [0.3, 0.4) is 0 Å². The number of ether oxygens (including phenoxy) is 1. The Morgan fingerprint density at radius 2 is 2.06 bits per heavy atom. The third-order valence-corrected chi connectivity index (χ3v) is 3.51. The number of furan rings is 1. The Hall–Kier alpha value is -1.75. The van der Waals surface area contributed by atoms with Crippen molar-refractivity contribution in [1.82, 2.24) is 4.98 Å². The van der Waals surface area contributed by atoms with E-state index in [4.69, 9.17) is 4.42 Å². The molecule has 94 valence electrons.